The predicted molar refractivity (Wildman–Crippen MR) is 161 cm³/mol. The molecule has 0 saturated carbocycles. The molecule has 0 aliphatic carbocycles. The third-order valence-corrected chi connectivity index (χ3v) is 7.87. The van der Waals surface area contributed by atoms with Gasteiger partial charge in [-0.25, -0.2) is 4.79 Å². The second-order valence-electron chi connectivity index (χ2n) is 11.9. The summed E-state index contributed by atoms with van der Waals surface area (Å²) in [5, 5.41) is 0. The molecule has 0 N–H and O–H groups in total. The van der Waals surface area contributed by atoms with Crippen LogP contribution in [0, 0.1) is 11.8 Å². The lowest BCUT2D eigenvalue weighted by atomic mass is 9.92. The van der Waals surface area contributed by atoms with Crippen LogP contribution >= 0.6 is 0 Å². The Kier molecular flexibility index (Phi) is 26.7. The first-order chi connectivity index (χ1) is 17.5. The van der Waals surface area contributed by atoms with E-state index in [9.17, 15) is 4.79 Å². The lowest BCUT2D eigenvalue weighted by Crippen LogP contribution is -2.15. The van der Waals surface area contributed by atoms with Crippen molar-refractivity contribution in [1.82, 2.24) is 0 Å². The van der Waals surface area contributed by atoms with E-state index >= 15 is 0 Å². The van der Waals surface area contributed by atoms with Crippen molar-refractivity contribution >= 4 is 5.97 Å². The molecular weight excluding hydrogens is 440 g/mol. The van der Waals surface area contributed by atoms with Gasteiger partial charge in [-0.1, -0.05) is 169 Å². The van der Waals surface area contributed by atoms with E-state index in [0.717, 1.165) is 5.92 Å². The van der Waals surface area contributed by atoms with Crippen LogP contribution in [-0.4, -0.2) is 12.6 Å². The third-order valence-electron chi connectivity index (χ3n) is 7.87. The van der Waals surface area contributed by atoms with Gasteiger partial charge in [0.25, 0.3) is 0 Å². The van der Waals surface area contributed by atoms with Gasteiger partial charge in [0.1, 0.15) is 0 Å². The quantitative estimate of drug-likeness (QED) is 0.0599. The van der Waals surface area contributed by atoms with Crippen molar-refractivity contribution in [3.63, 3.8) is 0 Å². The van der Waals surface area contributed by atoms with Crippen molar-refractivity contribution in [2.24, 2.45) is 11.8 Å². The van der Waals surface area contributed by atoms with Crippen molar-refractivity contribution in [3.8, 4) is 0 Å². The van der Waals surface area contributed by atoms with Crippen molar-refractivity contribution in [2.45, 2.75) is 182 Å². The number of unbranched alkanes of at least 4 members (excludes halogenated alkanes) is 17. The highest BCUT2D eigenvalue weighted by molar-refractivity contribution is 5.86. The Labute approximate surface area is 227 Å². The molecule has 0 fully saturated rings. The zero-order chi connectivity index (χ0) is 26.7. The summed E-state index contributed by atoms with van der Waals surface area (Å²) < 4.78 is 5.56. The van der Waals surface area contributed by atoms with Gasteiger partial charge in [-0.2, -0.15) is 0 Å². The van der Waals surface area contributed by atoms with E-state index < -0.39 is 0 Å². The Morgan fingerprint density at radius 2 is 0.917 bits per heavy atom. The summed E-state index contributed by atoms with van der Waals surface area (Å²) in [5.41, 5.74) is 0.516. The van der Waals surface area contributed by atoms with Crippen LogP contribution in [0.3, 0.4) is 0 Å². The number of carbonyl (C=O) groups excluding carboxylic acids is 1. The van der Waals surface area contributed by atoms with E-state index in [4.69, 9.17) is 4.74 Å². The molecule has 0 amide bonds. The van der Waals surface area contributed by atoms with E-state index in [2.05, 4.69) is 27.4 Å². The van der Waals surface area contributed by atoms with Crippen LogP contribution in [0.5, 0.6) is 0 Å². The summed E-state index contributed by atoms with van der Waals surface area (Å²) in [4.78, 5) is 11.9. The maximum Gasteiger partial charge on any atom is 0.333 e. The molecule has 0 rings (SSSR count). The van der Waals surface area contributed by atoms with Gasteiger partial charge in [-0.3, -0.25) is 0 Å². The van der Waals surface area contributed by atoms with E-state index in [1.165, 1.54) is 154 Å². The van der Waals surface area contributed by atoms with Gasteiger partial charge in [0.2, 0.25) is 0 Å². The minimum absolute atomic E-state index is 0.220. The molecule has 0 spiro atoms. The van der Waals surface area contributed by atoms with E-state index in [-0.39, 0.29) is 5.97 Å². The van der Waals surface area contributed by atoms with Crippen LogP contribution in [0.15, 0.2) is 12.2 Å². The molecule has 214 valence electrons. The number of hydrogen-bond acceptors (Lipinski definition) is 2. The van der Waals surface area contributed by atoms with Gasteiger partial charge in [0.05, 0.1) is 6.61 Å². The standard InChI is InChI=1S/C34H66O2/c1-6-8-10-12-14-15-16-17-18-19-21-23-28-33(30-36-34(35)31(3)4)29-25-24-27-32(5)26-22-20-13-11-9-7-2/h32-33H,3,6-30H2,1-2,4-5H3. The van der Waals surface area contributed by atoms with Crippen molar-refractivity contribution < 1.29 is 9.53 Å². The maximum absolute atomic E-state index is 11.9. The Morgan fingerprint density at radius 1 is 0.583 bits per heavy atom. The molecule has 0 heterocycles. The van der Waals surface area contributed by atoms with E-state index in [1.54, 1.807) is 6.92 Å². The van der Waals surface area contributed by atoms with E-state index in [0.29, 0.717) is 18.1 Å². The fourth-order valence-corrected chi connectivity index (χ4v) is 5.25. The number of rotatable bonds is 28. The largest absolute Gasteiger partial charge is 0.462 e. The molecule has 0 aliphatic heterocycles. The lowest BCUT2D eigenvalue weighted by Gasteiger charge is -2.18. The molecule has 2 atom stereocenters. The second-order valence-corrected chi connectivity index (χ2v) is 11.9. The number of ether oxygens (including phenoxy) is 1. The molecule has 0 radical (unpaired) electrons. The lowest BCUT2D eigenvalue weighted by molar-refractivity contribution is -0.140. The van der Waals surface area contributed by atoms with Gasteiger partial charge >= 0.3 is 5.97 Å². The summed E-state index contributed by atoms with van der Waals surface area (Å²) >= 11 is 0. The van der Waals surface area contributed by atoms with Crippen LogP contribution in [0.4, 0.5) is 0 Å². The van der Waals surface area contributed by atoms with Gasteiger partial charge < -0.3 is 4.74 Å². The third kappa shape index (κ3) is 24.9. The van der Waals surface area contributed by atoms with Gasteiger partial charge in [0, 0.05) is 5.57 Å². The highest BCUT2D eigenvalue weighted by Crippen LogP contribution is 2.22. The van der Waals surface area contributed by atoms with Crippen LogP contribution < -0.4 is 0 Å². The minimum Gasteiger partial charge on any atom is -0.462 e. The molecule has 0 aromatic heterocycles. The Bertz CT molecular complexity index is 484. The van der Waals surface area contributed by atoms with Gasteiger partial charge in [-0.05, 0) is 31.6 Å². The Morgan fingerprint density at radius 3 is 1.33 bits per heavy atom. The van der Waals surface area contributed by atoms with Crippen LogP contribution in [0.25, 0.3) is 0 Å². The SMILES string of the molecule is C=C(C)C(=O)OCC(CCCCCCCCCCCCCC)CCCCC(C)CCCCCCCC. The molecule has 2 heteroatoms. The minimum atomic E-state index is -0.220. The van der Waals surface area contributed by atoms with Gasteiger partial charge in [-0.15, -0.1) is 0 Å². The molecule has 0 bridgehead atoms. The van der Waals surface area contributed by atoms with Crippen LogP contribution in [0.1, 0.15) is 182 Å². The molecule has 2 nitrogen and oxygen atoms in total. The Hall–Kier alpha value is -0.790. The highest BCUT2D eigenvalue weighted by atomic mass is 16.5. The normalized spacial score (nSPS) is 13.0. The monoisotopic (exact) mass is 507 g/mol. The topological polar surface area (TPSA) is 26.3 Å². The molecule has 0 aromatic carbocycles. The average molecular weight is 507 g/mol. The predicted octanol–water partition coefficient (Wildman–Crippen LogP) is 11.8. The average Bonchev–Trinajstić information content (AvgIpc) is 2.86. The summed E-state index contributed by atoms with van der Waals surface area (Å²) in [6.07, 6.45) is 32.8. The van der Waals surface area contributed by atoms with Crippen molar-refractivity contribution in [1.29, 1.82) is 0 Å². The fourth-order valence-electron chi connectivity index (χ4n) is 5.25. The number of esters is 1. The fraction of sp³-hybridized carbons (Fsp3) is 0.912. The zero-order valence-corrected chi connectivity index (χ0v) is 25.4. The Balaban J connectivity index is 3.95. The first kappa shape index (κ1) is 35.2. The first-order valence-electron chi connectivity index (χ1n) is 16.3. The molecular formula is C34H66O2. The van der Waals surface area contributed by atoms with Crippen LogP contribution in [0.2, 0.25) is 0 Å². The van der Waals surface area contributed by atoms with Crippen LogP contribution in [-0.2, 0) is 9.53 Å². The molecule has 36 heavy (non-hydrogen) atoms. The second kappa shape index (κ2) is 27.3. The van der Waals surface area contributed by atoms with E-state index in [1.807, 2.05) is 0 Å². The summed E-state index contributed by atoms with van der Waals surface area (Å²) in [5.74, 6) is 1.15. The smallest absolute Gasteiger partial charge is 0.333 e. The number of carbonyl (C=O) groups is 1. The van der Waals surface area contributed by atoms with Crippen molar-refractivity contribution in [3.05, 3.63) is 12.2 Å². The highest BCUT2D eigenvalue weighted by Gasteiger charge is 2.13. The number of hydrogen-bond donors (Lipinski definition) is 0. The molecule has 0 aromatic rings. The molecule has 2 unspecified atom stereocenters. The molecule has 0 saturated heterocycles. The summed E-state index contributed by atoms with van der Waals surface area (Å²) in [7, 11) is 0. The van der Waals surface area contributed by atoms with Gasteiger partial charge in [0.15, 0.2) is 0 Å². The molecule has 0 aliphatic rings. The zero-order valence-electron chi connectivity index (χ0n) is 25.4. The van der Waals surface area contributed by atoms with Crippen molar-refractivity contribution in [2.75, 3.05) is 6.61 Å². The summed E-state index contributed by atoms with van der Waals surface area (Å²) in [6, 6.07) is 0. The summed E-state index contributed by atoms with van der Waals surface area (Å²) in [6.45, 7) is 13.1. The maximum atomic E-state index is 11.9. The first-order valence-corrected chi connectivity index (χ1v) is 16.3.